The summed E-state index contributed by atoms with van der Waals surface area (Å²) in [6.45, 7) is 4.45. The van der Waals surface area contributed by atoms with E-state index in [-0.39, 0.29) is 31.3 Å². The first kappa shape index (κ1) is 22.6. The van der Waals surface area contributed by atoms with Gasteiger partial charge in [-0.2, -0.15) is 0 Å². The molecule has 1 saturated heterocycles. The van der Waals surface area contributed by atoms with E-state index in [0.717, 1.165) is 32.1 Å². The zero-order chi connectivity index (χ0) is 18.7. The number of aliphatic hydroxyl groups excluding tert-OH is 2. The summed E-state index contributed by atoms with van der Waals surface area (Å²) in [5.41, 5.74) is 5.46. The molecule has 0 spiro atoms. The highest BCUT2D eigenvalue weighted by molar-refractivity contribution is 7.60. The first-order valence-corrected chi connectivity index (χ1v) is 11.3. The van der Waals surface area contributed by atoms with Crippen LogP contribution in [0.15, 0.2) is 0 Å². The van der Waals surface area contributed by atoms with Crippen LogP contribution in [0.2, 0.25) is 0 Å². The lowest BCUT2D eigenvalue weighted by Gasteiger charge is -2.27. The molecular weight excluding hydrogens is 343 g/mol. The van der Waals surface area contributed by atoms with Crippen molar-refractivity contribution in [3.63, 3.8) is 0 Å². The van der Waals surface area contributed by atoms with Crippen molar-refractivity contribution in [2.45, 2.75) is 63.5 Å². The minimum absolute atomic E-state index is 0.000864. The first-order chi connectivity index (χ1) is 11.9. The predicted molar refractivity (Wildman–Crippen MR) is 98.4 cm³/mol. The van der Waals surface area contributed by atoms with Gasteiger partial charge in [-0.1, -0.05) is 19.3 Å². The first-order valence-electron chi connectivity index (χ1n) is 9.26. The molecule has 0 aromatic heterocycles. The van der Waals surface area contributed by atoms with Crippen molar-refractivity contribution in [1.29, 1.82) is 0 Å². The van der Waals surface area contributed by atoms with Gasteiger partial charge in [0.2, 0.25) is 5.91 Å². The Morgan fingerprint density at radius 1 is 1.28 bits per heavy atom. The Labute approximate surface area is 151 Å². The SMILES string of the molecule is [CH2-]P(=O)(CC[C@@H]1C[C@H](O)CN1C(=O)CCCCCCCN)OCCO. The highest BCUT2D eigenvalue weighted by Gasteiger charge is 2.34. The van der Waals surface area contributed by atoms with E-state index in [9.17, 15) is 14.5 Å². The van der Waals surface area contributed by atoms with Crippen LogP contribution in [0.3, 0.4) is 0 Å². The van der Waals surface area contributed by atoms with Crippen molar-refractivity contribution in [1.82, 2.24) is 4.90 Å². The zero-order valence-electron chi connectivity index (χ0n) is 15.1. The molecule has 8 heteroatoms. The number of amides is 1. The molecule has 0 saturated carbocycles. The zero-order valence-corrected chi connectivity index (χ0v) is 16.0. The third kappa shape index (κ3) is 9.15. The lowest BCUT2D eigenvalue weighted by atomic mass is 10.1. The summed E-state index contributed by atoms with van der Waals surface area (Å²) in [5.74, 6) is 0.0514. The maximum atomic E-state index is 12.4. The Morgan fingerprint density at radius 3 is 2.64 bits per heavy atom. The summed E-state index contributed by atoms with van der Waals surface area (Å²) in [6, 6.07) is -0.118. The standard InChI is InChI=1S/C17H34N2O5P/c1-25(23,24-11-10-20)12-8-15-13-16(21)14-19(15)17(22)7-5-3-2-4-6-9-18/h15-16,20-21H,1-14,18H2/q-1/t15-,16+,25?/m1/s1. The van der Waals surface area contributed by atoms with Gasteiger partial charge in [-0.15, -0.1) is 0 Å². The van der Waals surface area contributed by atoms with E-state index in [4.69, 9.17) is 15.4 Å². The maximum absolute atomic E-state index is 12.4. The van der Waals surface area contributed by atoms with Gasteiger partial charge >= 0.3 is 0 Å². The fourth-order valence-corrected chi connectivity index (χ4v) is 4.42. The Balaban J connectivity index is 2.37. The van der Waals surface area contributed by atoms with Gasteiger partial charge in [0.25, 0.3) is 0 Å². The average Bonchev–Trinajstić information content (AvgIpc) is 2.95. The number of rotatable bonds is 13. The number of carbonyl (C=O) groups is 1. The molecule has 1 aliphatic heterocycles. The molecule has 3 atom stereocenters. The number of aliphatic hydroxyl groups is 2. The second-order valence-electron chi connectivity index (χ2n) is 6.78. The number of unbranched alkanes of at least 4 members (excludes halogenated alkanes) is 4. The van der Waals surface area contributed by atoms with Gasteiger partial charge in [-0.05, 0) is 38.4 Å². The molecule has 1 unspecified atom stereocenters. The van der Waals surface area contributed by atoms with Crippen molar-refractivity contribution in [2.75, 3.05) is 32.5 Å². The van der Waals surface area contributed by atoms with Gasteiger partial charge in [-0.25, -0.2) is 0 Å². The van der Waals surface area contributed by atoms with Crippen molar-refractivity contribution in [2.24, 2.45) is 5.73 Å². The smallest absolute Gasteiger partial charge is 0.222 e. The molecule has 0 aliphatic carbocycles. The van der Waals surface area contributed by atoms with E-state index in [1.807, 2.05) is 0 Å². The summed E-state index contributed by atoms with van der Waals surface area (Å²) in [6.07, 6.45) is 6.26. The minimum atomic E-state index is -3.01. The average molecular weight is 377 g/mol. The van der Waals surface area contributed by atoms with Gasteiger partial charge in [0.1, 0.15) is 0 Å². The predicted octanol–water partition coefficient (Wildman–Crippen LogP) is 1.72. The van der Waals surface area contributed by atoms with Gasteiger partial charge in [0, 0.05) is 19.0 Å². The maximum Gasteiger partial charge on any atom is 0.222 e. The fraction of sp³-hybridized carbons (Fsp3) is 0.882. The van der Waals surface area contributed by atoms with Gasteiger partial charge in [0.15, 0.2) is 0 Å². The highest BCUT2D eigenvalue weighted by Crippen LogP contribution is 2.46. The van der Waals surface area contributed by atoms with E-state index in [0.29, 0.717) is 32.4 Å². The van der Waals surface area contributed by atoms with Crippen molar-refractivity contribution >= 4 is 13.3 Å². The van der Waals surface area contributed by atoms with Crippen LogP contribution in [0.25, 0.3) is 0 Å². The lowest BCUT2D eigenvalue weighted by Crippen LogP contribution is -2.36. The summed E-state index contributed by atoms with van der Waals surface area (Å²) in [4.78, 5) is 14.2. The van der Waals surface area contributed by atoms with Crippen LogP contribution < -0.4 is 5.73 Å². The second-order valence-corrected chi connectivity index (χ2v) is 9.11. The van der Waals surface area contributed by atoms with Crippen LogP contribution in [-0.4, -0.2) is 65.6 Å². The number of hydrogen-bond acceptors (Lipinski definition) is 6. The number of likely N-dealkylation sites (tertiary alicyclic amines) is 1. The molecule has 1 aliphatic rings. The fourth-order valence-electron chi connectivity index (χ4n) is 3.18. The summed E-state index contributed by atoms with van der Waals surface area (Å²) < 4.78 is 17.3. The van der Waals surface area contributed by atoms with Crippen LogP contribution in [0, 0.1) is 6.66 Å². The Bertz CT molecular complexity index is 435. The molecule has 25 heavy (non-hydrogen) atoms. The van der Waals surface area contributed by atoms with Crippen molar-refractivity contribution in [3.8, 4) is 0 Å². The van der Waals surface area contributed by atoms with Crippen LogP contribution in [0.4, 0.5) is 0 Å². The molecule has 0 bridgehead atoms. The van der Waals surface area contributed by atoms with Crippen molar-refractivity contribution < 1.29 is 24.1 Å². The number of hydrogen-bond donors (Lipinski definition) is 3. The van der Waals surface area contributed by atoms with Crippen LogP contribution >= 0.6 is 7.37 Å². The monoisotopic (exact) mass is 377 g/mol. The normalized spacial score (nSPS) is 23.0. The van der Waals surface area contributed by atoms with Crippen LogP contribution in [0.1, 0.15) is 51.4 Å². The highest BCUT2D eigenvalue weighted by atomic mass is 31.2. The third-order valence-corrected chi connectivity index (χ3v) is 6.12. The summed E-state index contributed by atoms with van der Waals surface area (Å²) in [7, 11) is -3.01. The molecule has 1 amide bonds. The van der Waals surface area contributed by atoms with Crippen LogP contribution in [0.5, 0.6) is 0 Å². The Hall–Kier alpha value is -0.460. The largest absolute Gasteiger partial charge is 0.394 e. The van der Waals surface area contributed by atoms with E-state index in [1.54, 1.807) is 4.90 Å². The number of β-amino-alcohol motifs (C(OH)–C–C–N with tert-alkyl or cyclic N) is 1. The third-order valence-electron chi connectivity index (χ3n) is 4.53. The minimum Gasteiger partial charge on any atom is -0.394 e. The topological polar surface area (TPSA) is 113 Å². The molecule has 148 valence electrons. The second kappa shape index (κ2) is 12.0. The van der Waals surface area contributed by atoms with Gasteiger partial charge < -0.3 is 29.9 Å². The Morgan fingerprint density at radius 2 is 1.96 bits per heavy atom. The Kier molecular flexibility index (Phi) is 10.9. The molecule has 1 fully saturated rings. The summed E-state index contributed by atoms with van der Waals surface area (Å²) in [5, 5.41) is 18.6. The molecule has 4 N–H and O–H groups in total. The lowest BCUT2D eigenvalue weighted by molar-refractivity contribution is -0.132. The quantitative estimate of drug-likeness (QED) is 0.256. The molecule has 1 rings (SSSR count). The number of carbonyl (C=O) groups excluding carboxylic acids is 1. The van der Waals surface area contributed by atoms with Gasteiger partial charge in [-0.3, -0.25) is 11.5 Å². The summed E-state index contributed by atoms with van der Waals surface area (Å²) >= 11 is 0. The van der Waals surface area contributed by atoms with Crippen LogP contribution in [-0.2, 0) is 13.9 Å². The molecule has 1 heterocycles. The molecule has 0 aromatic carbocycles. The van der Waals surface area contributed by atoms with E-state index >= 15 is 0 Å². The van der Waals surface area contributed by atoms with E-state index < -0.39 is 13.5 Å². The van der Waals surface area contributed by atoms with E-state index in [2.05, 4.69) is 6.66 Å². The number of nitrogens with two attached hydrogens (primary N) is 1. The van der Waals surface area contributed by atoms with Crippen molar-refractivity contribution in [3.05, 3.63) is 6.66 Å². The molecule has 7 nitrogen and oxygen atoms in total. The number of nitrogens with zero attached hydrogens (tertiary/aromatic N) is 1. The van der Waals surface area contributed by atoms with Gasteiger partial charge in [0.05, 0.1) is 26.7 Å². The molecular formula is C17H34N2O5P-. The van der Waals surface area contributed by atoms with E-state index in [1.165, 1.54) is 0 Å². The molecule has 0 aromatic rings. The molecule has 0 radical (unpaired) electrons.